The molecule has 5 aromatic rings. The summed E-state index contributed by atoms with van der Waals surface area (Å²) in [5.41, 5.74) is 7.55. The largest absolute Gasteiger partial charge is 1.00 e. The summed E-state index contributed by atoms with van der Waals surface area (Å²) in [5.74, 6) is -2.24. The molecule has 0 bridgehead atoms. The second-order valence-electron chi connectivity index (χ2n) is 16.0. The molecule has 0 saturated carbocycles. The summed E-state index contributed by atoms with van der Waals surface area (Å²) in [4.78, 5) is 42.0. The zero-order valence-corrected chi connectivity index (χ0v) is 39.1. The first-order chi connectivity index (χ1) is 32.6. The van der Waals surface area contributed by atoms with Gasteiger partial charge >= 0.3 is 11.9 Å². The standard InChI is InChI=1S/C29H32N2O8.C22H27NO5.ClH/c1-19-27(38-16-21-11-7-4-8-12-21)24(37-15-20-9-5-3-6-10-20)18-36-17-22(29(34)39-19)31-28(33)25-26(32)23(35-2)13-14-30-25;1-16-21(27-13-18-10-6-3-7-11-18)20(15-25-14-19(23)22(24)28-16)26-12-17-8-4-2-5-9-17;/h3-14,19,22,24,27,32H,15-18H2,1-2H3,(H,31,33);2-11,16,19-21H,12-15,23H2,1H3;1H/t19-,22-,24+,27+;16-,19-,20+,21+;/m11./s1. The molecule has 2 fully saturated rings. The number of cyclic esters (lactones) is 2. The lowest BCUT2D eigenvalue weighted by Crippen LogP contribution is -3.00. The van der Waals surface area contributed by atoms with Crippen LogP contribution in [-0.4, -0.2) is 110 Å². The maximum Gasteiger partial charge on any atom is 0.367 e. The number of esters is 2. The van der Waals surface area contributed by atoms with Crippen LogP contribution in [-0.2, 0) is 73.9 Å². The third kappa shape index (κ3) is 16.1. The van der Waals surface area contributed by atoms with Gasteiger partial charge in [0.1, 0.15) is 43.2 Å². The minimum absolute atomic E-state index is 0. The first-order valence-electron chi connectivity index (χ1n) is 22.1. The number of carbonyl (C=O) groups is 3. The van der Waals surface area contributed by atoms with Gasteiger partial charge in [0, 0.05) is 12.3 Å². The highest BCUT2D eigenvalue weighted by molar-refractivity contribution is 5.98. The van der Waals surface area contributed by atoms with Gasteiger partial charge in [0.2, 0.25) is 6.04 Å². The number of quaternary nitrogens is 1. The molecule has 364 valence electrons. The highest BCUT2D eigenvalue weighted by atomic mass is 35.5. The number of hydrogen-bond donors (Lipinski definition) is 3. The topological polar surface area (TPSA) is 207 Å². The molecule has 7 rings (SSSR count). The maximum absolute atomic E-state index is 13.1. The summed E-state index contributed by atoms with van der Waals surface area (Å²) in [7, 11) is 1.36. The number of amides is 1. The van der Waals surface area contributed by atoms with E-state index in [4.69, 9.17) is 42.6 Å². The average Bonchev–Trinajstić information content (AvgIpc) is 3.43. The van der Waals surface area contributed by atoms with E-state index in [2.05, 4.69) is 16.0 Å². The molecular formula is C51H60ClN3O13. The van der Waals surface area contributed by atoms with Crippen LogP contribution < -0.4 is 28.2 Å². The summed E-state index contributed by atoms with van der Waals surface area (Å²) in [6.07, 6.45) is -1.96. The quantitative estimate of drug-likeness (QED) is 0.128. The van der Waals surface area contributed by atoms with Gasteiger partial charge in [-0.1, -0.05) is 121 Å². The van der Waals surface area contributed by atoms with Crippen molar-refractivity contribution >= 4 is 17.8 Å². The molecule has 0 aliphatic carbocycles. The first kappa shape index (κ1) is 53.0. The van der Waals surface area contributed by atoms with Crippen molar-refractivity contribution in [3.63, 3.8) is 0 Å². The number of pyridine rings is 1. The Kier molecular flexibility index (Phi) is 21.6. The van der Waals surface area contributed by atoms with Crippen LogP contribution in [0.3, 0.4) is 0 Å². The summed E-state index contributed by atoms with van der Waals surface area (Å²) >= 11 is 0. The highest BCUT2D eigenvalue weighted by Crippen LogP contribution is 2.28. The van der Waals surface area contributed by atoms with Gasteiger partial charge in [-0.15, -0.1) is 0 Å². The number of rotatable bonds is 15. The molecule has 8 atom stereocenters. The summed E-state index contributed by atoms with van der Waals surface area (Å²) in [6.45, 7) is 5.35. The Morgan fingerprint density at radius 2 is 1.04 bits per heavy atom. The van der Waals surface area contributed by atoms with Gasteiger partial charge in [-0.3, -0.25) is 4.79 Å². The zero-order valence-electron chi connectivity index (χ0n) is 38.4. The van der Waals surface area contributed by atoms with E-state index in [0.717, 1.165) is 22.3 Å². The lowest BCUT2D eigenvalue weighted by Gasteiger charge is -2.30. The Morgan fingerprint density at radius 3 is 1.49 bits per heavy atom. The second-order valence-corrected chi connectivity index (χ2v) is 16.0. The molecule has 0 radical (unpaired) electrons. The van der Waals surface area contributed by atoms with Crippen molar-refractivity contribution < 1.29 is 80.3 Å². The van der Waals surface area contributed by atoms with Crippen LogP contribution >= 0.6 is 0 Å². The molecule has 16 nitrogen and oxygen atoms in total. The molecule has 2 aliphatic rings. The van der Waals surface area contributed by atoms with E-state index in [1.165, 1.54) is 19.4 Å². The fourth-order valence-corrected chi connectivity index (χ4v) is 7.19. The minimum atomic E-state index is -1.16. The number of nitrogens with zero attached hydrogens (tertiary/aromatic N) is 1. The summed E-state index contributed by atoms with van der Waals surface area (Å²) < 4.78 is 52.6. The number of methoxy groups -OCH3 is 1. The van der Waals surface area contributed by atoms with E-state index in [-0.39, 0.29) is 62.4 Å². The third-order valence-electron chi connectivity index (χ3n) is 10.9. The van der Waals surface area contributed by atoms with Crippen LogP contribution in [0.5, 0.6) is 11.5 Å². The second kappa shape index (κ2) is 27.8. The molecule has 1 amide bonds. The number of aromatic hydroxyl groups is 1. The summed E-state index contributed by atoms with van der Waals surface area (Å²) in [6, 6.07) is 38.8. The Balaban J connectivity index is 0.000000264. The number of benzene rings is 4. The number of ether oxygens (including phenoxy) is 9. The van der Waals surface area contributed by atoms with Crippen molar-refractivity contribution in [2.45, 2.75) is 89.0 Å². The maximum atomic E-state index is 13.1. The first-order valence-corrected chi connectivity index (χ1v) is 22.1. The van der Waals surface area contributed by atoms with Gasteiger partial charge in [-0.2, -0.15) is 0 Å². The van der Waals surface area contributed by atoms with E-state index < -0.39 is 60.2 Å². The number of hydrogen-bond acceptors (Lipinski definition) is 14. The molecular weight excluding hydrogens is 898 g/mol. The Bertz CT molecular complexity index is 2270. The molecule has 2 aliphatic heterocycles. The molecule has 3 heterocycles. The van der Waals surface area contributed by atoms with E-state index in [1.54, 1.807) is 6.92 Å². The van der Waals surface area contributed by atoms with Crippen LogP contribution in [0.4, 0.5) is 0 Å². The number of halogens is 1. The highest BCUT2D eigenvalue weighted by Gasteiger charge is 2.38. The van der Waals surface area contributed by atoms with E-state index >= 15 is 0 Å². The Hall–Kier alpha value is -5.95. The third-order valence-corrected chi connectivity index (χ3v) is 10.9. The number of carbonyl (C=O) groups excluding carboxylic acids is 3. The van der Waals surface area contributed by atoms with Gasteiger partial charge in [0.15, 0.2) is 23.2 Å². The van der Waals surface area contributed by atoms with Gasteiger partial charge in [-0.25, -0.2) is 14.6 Å². The van der Waals surface area contributed by atoms with Gasteiger partial charge in [0.05, 0.1) is 53.4 Å². The number of nitrogens with one attached hydrogen (secondary N) is 1. The van der Waals surface area contributed by atoms with Crippen molar-refractivity contribution in [2.75, 3.05) is 33.5 Å². The van der Waals surface area contributed by atoms with E-state index in [1.807, 2.05) is 128 Å². The minimum Gasteiger partial charge on any atom is -1.00 e. The predicted molar refractivity (Wildman–Crippen MR) is 243 cm³/mol. The van der Waals surface area contributed by atoms with Crippen LogP contribution in [0.1, 0.15) is 46.6 Å². The SMILES string of the molecule is COc1ccnc(C(=O)N[C@@H]2COC[C@H](OCc3ccccc3)[C@@H](OCc3ccccc3)[C@@H](C)OC2=O)c1O.C[C@H]1OC(=O)[C@H]([NH3+])COC[C@H](OCc2ccccc2)[C@H]1OCc1ccccc1.[Cl-]. The van der Waals surface area contributed by atoms with Crippen LogP contribution in [0.25, 0.3) is 0 Å². The molecule has 2 saturated heterocycles. The molecule has 17 heteroatoms. The zero-order chi connectivity index (χ0) is 47.4. The molecule has 0 spiro atoms. The lowest BCUT2D eigenvalue weighted by atomic mass is 10.1. The smallest absolute Gasteiger partial charge is 0.367 e. The summed E-state index contributed by atoms with van der Waals surface area (Å²) in [5, 5.41) is 12.8. The van der Waals surface area contributed by atoms with Crippen molar-refractivity contribution in [1.29, 1.82) is 0 Å². The van der Waals surface area contributed by atoms with Gasteiger partial charge in [0.25, 0.3) is 5.91 Å². The fraction of sp³-hybridized carbons (Fsp3) is 0.373. The molecule has 4 aromatic carbocycles. The molecule has 1 aromatic heterocycles. The Morgan fingerprint density at radius 1 is 0.632 bits per heavy atom. The lowest BCUT2D eigenvalue weighted by molar-refractivity contribution is -0.415. The number of aromatic nitrogens is 1. The predicted octanol–water partition coefficient (Wildman–Crippen LogP) is 1.76. The normalized spacial score (nSPS) is 23.1. The van der Waals surface area contributed by atoms with Crippen LogP contribution in [0.15, 0.2) is 134 Å². The Labute approximate surface area is 402 Å². The van der Waals surface area contributed by atoms with Gasteiger partial charge in [-0.05, 0) is 36.1 Å². The van der Waals surface area contributed by atoms with Crippen molar-refractivity contribution in [2.24, 2.45) is 0 Å². The van der Waals surface area contributed by atoms with Crippen molar-refractivity contribution in [3.05, 3.63) is 162 Å². The molecule has 0 unspecified atom stereocenters. The van der Waals surface area contributed by atoms with E-state index in [0.29, 0.717) is 26.4 Å². The van der Waals surface area contributed by atoms with E-state index in [9.17, 15) is 19.5 Å². The van der Waals surface area contributed by atoms with Crippen molar-refractivity contribution in [1.82, 2.24) is 10.3 Å². The monoisotopic (exact) mass is 957 g/mol. The molecule has 5 N–H and O–H groups in total. The fourth-order valence-electron chi connectivity index (χ4n) is 7.19. The van der Waals surface area contributed by atoms with Gasteiger partial charge < -0.3 is 71.2 Å². The van der Waals surface area contributed by atoms with Crippen LogP contribution in [0.2, 0.25) is 0 Å². The van der Waals surface area contributed by atoms with Crippen molar-refractivity contribution in [3.8, 4) is 11.5 Å². The van der Waals surface area contributed by atoms with Crippen LogP contribution in [0, 0.1) is 0 Å². The molecule has 68 heavy (non-hydrogen) atoms. The average molecular weight is 959 g/mol.